The lowest BCUT2D eigenvalue weighted by Gasteiger charge is -2.13. The van der Waals surface area contributed by atoms with Crippen LogP contribution in [0, 0.1) is 23.3 Å². The van der Waals surface area contributed by atoms with Gasteiger partial charge >= 0.3 is 6.09 Å². The van der Waals surface area contributed by atoms with Gasteiger partial charge in [0.1, 0.15) is 0 Å². The predicted octanol–water partition coefficient (Wildman–Crippen LogP) is 3.58. The minimum absolute atomic E-state index is 0.0761. The summed E-state index contributed by atoms with van der Waals surface area (Å²) in [7, 11) is 0. The summed E-state index contributed by atoms with van der Waals surface area (Å²) in [6, 6.07) is 0. The van der Waals surface area contributed by atoms with Crippen LogP contribution in [0.1, 0.15) is 31.7 Å². The maximum atomic E-state index is 13.7. The molecule has 4 nitrogen and oxygen atoms in total. The Labute approximate surface area is 118 Å². The number of rotatable bonds is 7. The van der Waals surface area contributed by atoms with Crippen LogP contribution in [0.2, 0.25) is 0 Å². The van der Waals surface area contributed by atoms with Crippen molar-refractivity contribution in [3.05, 3.63) is 28.8 Å². The van der Waals surface area contributed by atoms with E-state index in [-0.39, 0.29) is 6.61 Å². The third kappa shape index (κ3) is 4.24. The van der Waals surface area contributed by atoms with Crippen LogP contribution in [0.25, 0.3) is 0 Å². The van der Waals surface area contributed by atoms with Crippen LogP contribution in [-0.4, -0.2) is 17.8 Å². The van der Waals surface area contributed by atoms with Crippen LogP contribution in [0.4, 0.5) is 22.4 Å². The van der Waals surface area contributed by atoms with Crippen molar-refractivity contribution in [1.29, 1.82) is 0 Å². The Kier molecular flexibility index (Phi) is 6.26. The van der Waals surface area contributed by atoms with Gasteiger partial charge in [0.2, 0.25) is 11.6 Å². The molecule has 118 valence electrons. The van der Waals surface area contributed by atoms with E-state index in [4.69, 9.17) is 9.84 Å². The molecule has 8 heteroatoms. The zero-order chi connectivity index (χ0) is 16.0. The van der Waals surface area contributed by atoms with Gasteiger partial charge in [0.15, 0.2) is 17.4 Å². The van der Waals surface area contributed by atoms with Crippen molar-refractivity contribution >= 4 is 6.09 Å². The van der Waals surface area contributed by atoms with Gasteiger partial charge in [0.05, 0.1) is 13.2 Å². The SMILES string of the molecule is CCCCCOc1c(F)c(F)c(CNC(=O)O)c(F)c1F. The molecule has 0 saturated carbocycles. The molecule has 0 radical (unpaired) electrons. The van der Waals surface area contributed by atoms with Crippen molar-refractivity contribution in [1.82, 2.24) is 5.32 Å². The number of unbranched alkanes of at least 4 members (excludes halogenated alkanes) is 2. The predicted molar refractivity (Wildman–Crippen MR) is 66.2 cm³/mol. The van der Waals surface area contributed by atoms with E-state index in [0.29, 0.717) is 6.42 Å². The van der Waals surface area contributed by atoms with E-state index in [2.05, 4.69) is 0 Å². The van der Waals surface area contributed by atoms with Crippen molar-refractivity contribution in [3.8, 4) is 5.75 Å². The zero-order valence-electron chi connectivity index (χ0n) is 11.3. The van der Waals surface area contributed by atoms with Crippen LogP contribution in [-0.2, 0) is 6.54 Å². The fourth-order valence-corrected chi connectivity index (χ4v) is 1.63. The molecule has 0 fully saturated rings. The van der Waals surface area contributed by atoms with Gasteiger partial charge in [0, 0.05) is 5.56 Å². The van der Waals surface area contributed by atoms with Crippen LogP contribution >= 0.6 is 0 Å². The second-order valence-electron chi connectivity index (χ2n) is 4.28. The minimum atomic E-state index is -1.67. The van der Waals surface area contributed by atoms with Crippen molar-refractivity contribution in [2.24, 2.45) is 0 Å². The molecular formula is C13H15F4NO3. The van der Waals surface area contributed by atoms with E-state index in [1.165, 1.54) is 0 Å². The van der Waals surface area contributed by atoms with E-state index < -0.39 is 47.2 Å². The molecule has 0 bridgehead atoms. The Hall–Kier alpha value is -1.99. The Morgan fingerprint density at radius 1 is 1.10 bits per heavy atom. The summed E-state index contributed by atoms with van der Waals surface area (Å²) >= 11 is 0. The van der Waals surface area contributed by atoms with Crippen LogP contribution in [0.3, 0.4) is 0 Å². The van der Waals surface area contributed by atoms with E-state index in [0.717, 1.165) is 12.8 Å². The molecule has 21 heavy (non-hydrogen) atoms. The largest absolute Gasteiger partial charge is 0.487 e. The van der Waals surface area contributed by atoms with E-state index in [1.807, 2.05) is 6.92 Å². The number of halogens is 4. The van der Waals surface area contributed by atoms with Gasteiger partial charge < -0.3 is 15.2 Å². The lowest BCUT2D eigenvalue weighted by Crippen LogP contribution is -2.22. The first-order valence-electron chi connectivity index (χ1n) is 6.34. The second kappa shape index (κ2) is 7.70. The number of hydrogen-bond donors (Lipinski definition) is 2. The highest BCUT2D eigenvalue weighted by molar-refractivity contribution is 5.64. The molecule has 0 atom stereocenters. The molecule has 0 saturated heterocycles. The summed E-state index contributed by atoms with van der Waals surface area (Å²) in [5.74, 6) is -7.82. The molecular weight excluding hydrogens is 294 g/mol. The molecule has 0 aliphatic heterocycles. The molecule has 1 aromatic rings. The molecule has 0 spiro atoms. The van der Waals surface area contributed by atoms with E-state index in [1.54, 1.807) is 5.32 Å². The standard InChI is InChI=1S/C13H15F4NO3/c1-2-3-4-5-21-12-10(16)8(14)7(6-18-13(19)20)9(15)11(12)17/h18H,2-6H2,1H3,(H,19,20). The van der Waals surface area contributed by atoms with E-state index >= 15 is 0 Å². The summed E-state index contributed by atoms with van der Waals surface area (Å²) in [5, 5.41) is 9.99. The Morgan fingerprint density at radius 3 is 2.14 bits per heavy atom. The summed E-state index contributed by atoms with van der Waals surface area (Å²) in [6.07, 6.45) is 0.501. The third-order valence-corrected chi connectivity index (χ3v) is 2.72. The second-order valence-corrected chi connectivity index (χ2v) is 4.28. The monoisotopic (exact) mass is 309 g/mol. The molecule has 0 aliphatic carbocycles. The summed E-state index contributed by atoms with van der Waals surface area (Å²) in [4.78, 5) is 10.3. The molecule has 1 amide bonds. The minimum Gasteiger partial charge on any atom is -0.487 e. The number of carboxylic acid groups (broad SMARTS) is 1. The number of nitrogens with one attached hydrogen (secondary N) is 1. The number of ether oxygens (including phenoxy) is 1. The highest BCUT2D eigenvalue weighted by Gasteiger charge is 2.26. The van der Waals surface area contributed by atoms with Crippen molar-refractivity contribution in [2.75, 3.05) is 6.61 Å². The first-order chi connectivity index (χ1) is 9.90. The normalized spacial score (nSPS) is 10.5. The van der Waals surface area contributed by atoms with Gasteiger partial charge in [-0.2, -0.15) is 8.78 Å². The molecule has 0 aliphatic rings. The Morgan fingerprint density at radius 2 is 1.67 bits per heavy atom. The van der Waals surface area contributed by atoms with Gasteiger partial charge in [-0.1, -0.05) is 19.8 Å². The first-order valence-corrected chi connectivity index (χ1v) is 6.34. The van der Waals surface area contributed by atoms with Gasteiger partial charge in [-0.25, -0.2) is 13.6 Å². The molecule has 0 aromatic heterocycles. The highest BCUT2D eigenvalue weighted by atomic mass is 19.2. The lowest BCUT2D eigenvalue weighted by molar-refractivity contribution is 0.193. The molecule has 2 N–H and O–H groups in total. The number of hydrogen-bond acceptors (Lipinski definition) is 2. The summed E-state index contributed by atoms with van der Waals surface area (Å²) < 4.78 is 59.3. The maximum absolute atomic E-state index is 13.7. The Balaban J connectivity index is 2.99. The molecule has 0 heterocycles. The van der Waals surface area contributed by atoms with Crippen LogP contribution < -0.4 is 10.1 Å². The average molecular weight is 309 g/mol. The van der Waals surface area contributed by atoms with E-state index in [9.17, 15) is 22.4 Å². The summed E-state index contributed by atoms with van der Waals surface area (Å²) in [5.41, 5.74) is -1.03. The van der Waals surface area contributed by atoms with Gasteiger partial charge in [-0.15, -0.1) is 0 Å². The molecule has 1 rings (SSSR count). The smallest absolute Gasteiger partial charge is 0.404 e. The topological polar surface area (TPSA) is 58.6 Å². The highest BCUT2D eigenvalue weighted by Crippen LogP contribution is 2.30. The quantitative estimate of drug-likeness (QED) is 0.460. The van der Waals surface area contributed by atoms with Crippen molar-refractivity contribution in [2.45, 2.75) is 32.7 Å². The number of amides is 1. The third-order valence-electron chi connectivity index (χ3n) is 2.72. The fourth-order valence-electron chi connectivity index (χ4n) is 1.63. The van der Waals surface area contributed by atoms with Crippen molar-refractivity contribution < 1.29 is 32.2 Å². The van der Waals surface area contributed by atoms with Gasteiger partial charge in [-0.05, 0) is 6.42 Å². The lowest BCUT2D eigenvalue weighted by atomic mass is 10.1. The van der Waals surface area contributed by atoms with Crippen molar-refractivity contribution in [3.63, 3.8) is 0 Å². The number of carbonyl (C=O) groups is 1. The van der Waals surface area contributed by atoms with Gasteiger partial charge in [0.25, 0.3) is 0 Å². The average Bonchev–Trinajstić information content (AvgIpc) is 2.44. The number of benzene rings is 1. The van der Waals surface area contributed by atoms with Crippen LogP contribution in [0.5, 0.6) is 5.75 Å². The Bertz CT molecular complexity index is 494. The zero-order valence-corrected chi connectivity index (χ0v) is 11.3. The summed E-state index contributed by atoms with van der Waals surface area (Å²) in [6.45, 7) is 0.939. The molecule has 0 unspecified atom stereocenters. The fraction of sp³-hybridized carbons (Fsp3) is 0.462. The maximum Gasteiger partial charge on any atom is 0.404 e. The molecule has 1 aromatic carbocycles. The van der Waals surface area contributed by atoms with Crippen LogP contribution in [0.15, 0.2) is 0 Å². The first kappa shape index (κ1) is 17.1. The van der Waals surface area contributed by atoms with Gasteiger partial charge in [-0.3, -0.25) is 0 Å².